The van der Waals surface area contributed by atoms with E-state index in [1.165, 1.54) is 11.3 Å². The number of carboxylic acid groups (broad SMARTS) is 1. The lowest BCUT2D eigenvalue weighted by Gasteiger charge is -2.11. The van der Waals surface area contributed by atoms with Crippen LogP contribution in [0.15, 0.2) is 5.38 Å². The van der Waals surface area contributed by atoms with Crippen LogP contribution in [-0.4, -0.2) is 33.9 Å². The normalized spacial score (nSPS) is 11.8. The van der Waals surface area contributed by atoms with Gasteiger partial charge in [-0.05, 0) is 6.92 Å². The Labute approximate surface area is 107 Å². The molecule has 0 saturated carbocycles. The zero-order valence-electron chi connectivity index (χ0n) is 9.67. The van der Waals surface area contributed by atoms with E-state index in [1.54, 1.807) is 12.3 Å². The molecule has 0 unspecified atom stereocenters. The topological polar surface area (TPSA) is 122 Å². The van der Waals surface area contributed by atoms with Gasteiger partial charge in [0.1, 0.15) is 6.04 Å². The number of rotatable bonds is 6. The van der Waals surface area contributed by atoms with Crippen LogP contribution < -0.4 is 11.1 Å². The maximum atomic E-state index is 11.6. The van der Waals surface area contributed by atoms with E-state index in [9.17, 15) is 14.4 Å². The minimum absolute atomic E-state index is 0.0210. The Morgan fingerprint density at radius 3 is 2.67 bits per heavy atom. The van der Waals surface area contributed by atoms with Crippen LogP contribution in [0, 0.1) is 6.92 Å². The quantitative estimate of drug-likeness (QED) is 0.640. The van der Waals surface area contributed by atoms with E-state index < -0.39 is 30.2 Å². The number of amides is 2. The molecule has 0 aliphatic carbocycles. The fourth-order valence-electron chi connectivity index (χ4n) is 1.30. The van der Waals surface area contributed by atoms with Gasteiger partial charge in [0, 0.05) is 5.38 Å². The number of nitrogens with zero attached hydrogens (tertiary/aromatic N) is 1. The first-order valence-corrected chi connectivity index (χ1v) is 5.98. The van der Waals surface area contributed by atoms with Crippen molar-refractivity contribution in [1.29, 1.82) is 0 Å². The predicted molar refractivity (Wildman–Crippen MR) is 63.9 cm³/mol. The molecule has 1 heterocycles. The number of primary amides is 1. The van der Waals surface area contributed by atoms with Crippen molar-refractivity contribution < 1.29 is 19.5 Å². The molecule has 0 aliphatic heterocycles. The first-order chi connectivity index (χ1) is 8.38. The molecule has 0 aromatic carbocycles. The SMILES string of the molecule is Cc1nc(CC(=O)N[C@@H](CC(N)=O)C(=O)O)cs1. The molecule has 1 aromatic rings. The molecule has 8 heteroatoms. The lowest BCUT2D eigenvalue weighted by molar-refractivity contribution is -0.143. The molecule has 7 nitrogen and oxygen atoms in total. The summed E-state index contributed by atoms with van der Waals surface area (Å²) in [6.45, 7) is 1.80. The van der Waals surface area contributed by atoms with Gasteiger partial charge in [0.05, 0.1) is 23.5 Å². The second kappa shape index (κ2) is 6.10. The number of nitrogens with one attached hydrogen (secondary N) is 1. The highest BCUT2D eigenvalue weighted by molar-refractivity contribution is 7.09. The number of carbonyl (C=O) groups excluding carboxylic acids is 2. The van der Waals surface area contributed by atoms with Gasteiger partial charge in [-0.3, -0.25) is 9.59 Å². The maximum Gasteiger partial charge on any atom is 0.326 e. The number of hydrogen-bond acceptors (Lipinski definition) is 5. The zero-order chi connectivity index (χ0) is 13.7. The Balaban J connectivity index is 2.56. The largest absolute Gasteiger partial charge is 0.480 e. The Morgan fingerprint density at radius 2 is 2.22 bits per heavy atom. The number of carbonyl (C=O) groups is 3. The molecule has 0 radical (unpaired) electrons. The Kier molecular flexibility index (Phi) is 4.78. The van der Waals surface area contributed by atoms with Gasteiger partial charge >= 0.3 is 5.97 Å². The Hall–Kier alpha value is -1.96. The summed E-state index contributed by atoms with van der Waals surface area (Å²) in [5.41, 5.74) is 5.47. The third-order valence-electron chi connectivity index (χ3n) is 2.05. The third kappa shape index (κ3) is 4.50. The molecule has 4 N–H and O–H groups in total. The number of hydrogen-bond donors (Lipinski definition) is 3. The van der Waals surface area contributed by atoms with Crippen molar-refractivity contribution in [2.75, 3.05) is 0 Å². The lowest BCUT2D eigenvalue weighted by atomic mass is 10.2. The summed E-state index contributed by atoms with van der Waals surface area (Å²) in [6.07, 6.45) is -0.454. The number of aromatic nitrogens is 1. The second-order valence-electron chi connectivity index (χ2n) is 3.66. The van der Waals surface area contributed by atoms with Crippen molar-refractivity contribution >= 4 is 29.1 Å². The smallest absolute Gasteiger partial charge is 0.326 e. The summed E-state index contributed by atoms with van der Waals surface area (Å²) in [5, 5.41) is 13.6. The van der Waals surface area contributed by atoms with E-state index in [1.807, 2.05) is 0 Å². The van der Waals surface area contributed by atoms with Gasteiger partial charge < -0.3 is 16.2 Å². The minimum atomic E-state index is -1.30. The van der Waals surface area contributed by atoms with Gasteiger partial charge in [0.25, 0.3) is 0 Å². The number of aryl methyl sites for hydroxylation is 1. The van der Waals surface area contributed by atoms with E-state index in [4.69, 9.17) is 10.8 Å². The average molecular weight is 271 g/mol. The molecule has 0 spiro atoms. The Morgan fingerprint density at radius 1 is 1.56 bits per heavy atom. The van der Waals surface area contributed by atoms with E-state index in [-0.39, 0.29) is 6.42 Å². The fraction of sp³-hybridized carbons (Fsp3) is 0.400. The van der Waals surface area contributed by atoms with Crippen molar-refractivity contribution in [1.82, 2.24) is 10.3 Å². The molecule has 1 atom stereocenters. The monoisotopic (exact) mass is 271 g/mol. The maximum absolute atomic E-state index is 11.6. The van der Waals surface area contributed by atoms with E-state index in [0.717, 1.165) is 5.01 Å². The van der Waals surface area contributed by atoms with Crippen LogP contribution in [-0.2, 0) is 20.8 Å². The first-order valence-electron chi connectivity index (χ1n) is 5.10. The predicted octanol–water partition coefficient (Wildman–Crippen LogP) is -0.561. The van der Waals surface area contributed by atoms with Gasteiger partial charge in [-0.2, -0.15) is 0 Å². The molecule has 0 aliphatic rings. The number of carboxylic acids is 1. The second-order valence-corrected chi connectivity index (χ2v) is 4.73. The van der Waals surface area contributed by atoms with Crippen molar-refractivity contribution in [3.8, 4) is 0 Å². The van der Waals surface area contributed by atoms with Gasteiger partial charge in [0.2, 0.25) is 11.8 Å². The molecule has 1 aromatic heterocycles. The van der Waals surface area contributed by atoms with Crippen molar-refractivity contribution in [3.63, 3.8) is 0 Å². The number of thiazole rings is 1. The van der Waals surface area contributed by atoms with Crippen molar-refractivity contribution in [2.24, 2.45) is 5.73 Å². The van der Waals surface area contributed by atoms with Crippen molar-refractivity contribution in [3.05, 3.63) is 16.1 Å². The molecule has 0 saturated heterocycles. The number of nitrogens with two attached hydrogens (primary N) is 1. The molecular weight excluding hydrogens is 258 g/mol. The highest BCUT2D eigenvalue weighted by atomic mass is 32.1. The summed E-state index contributed by atoms with van der Waals surface area (Å²) < 4.78 is 0. The van der Waals surface area contributed by atoms with Crippen LogP contribution in [0.4, 0.5) is 0 Å². The van der Waals surface area contributed by atoms with Gasteiger partial charge in [0.15, 0.2) is 0 Å². The summed E-state index contributed by atoms with van der Waals surface area (Å²) in [4.78, 5) is 37.1. The highest BCUT2D eigenvalue weighted by Crippen LogP contribution is 2.08. The van der Waals surface area contributed by atoms with E-state index in [0.29, 0.717) is 5.69 Å². The molecule has 1 rings (SSSR count). The number of aliphatic carboxylic acids is 1. The van der Waals surface area contributed by atoms with E-state index >= 15 is 0 Å². The van der Waals surface area contributed by atoms with Crippen molar-refractivity contribution in [2.45, 2.75) is 25.8 Å². The molecule has 2 amide bonds. The van der Waals surface area contributed by atoms with E-state index in [2.05, 4.69) is 10.3 Å². The summed E-state index contributed by atoms with van der Waals surface area (Å²) in [5.74, 6) is -2.59. The summed E-state index contributed by atoms with van der Waals surface area (Å²) in [7, 11) is 0. The molecule has 98 valence electrons. The molecular formula is C10H13N3O4S. The van der Waals surface area contributed by atoms with Crippen LogP contribution in [0.5, 0.6) is 0 Å². The van der Waals surface area contributed by atoms with Gasteiger partial charge in [-0.25, -0.2) is 9.78 Å². The third-order valence-corrected chi connectivity index (χ3v) is 2.87. The molecule has 0 fully saturated rings. The van der Waals surface area contributed by atoms with Crippen LogP contribution in [0.2, 0.25) is 0 Å². The fourth-order valence-corrected chi connectivity index (χ4v) is 1.91. The lowest BCUT2D eigenvalue weighted by Crippen LogP contribution is -2.43. The minimum Gasteiger partial charge on any atom is -0.480 e. The van der Waals surface area contributed by atoms with Crippen LogP contribution in [0.1, 0.15) is 17.1 Å². The highest BCUT2D eigenvalue weighted by Gasteiger charge is 2.22. The average Bonchev–Trinajstić information content (AvgIpc) is 2.62. The van der Waals surface area contributed by atoms with Gasteiger partial charge in [-0.15, -0.1) is 11.3 Å². The van der Waals surface area contributed by atoms with Crippen LogP contribution >= 0.6 is 11.3 Å². The van der Waals surface area contributed by atoms with Gasteiger partial charge in [-0.1, -0.05) is 0 Å². The standard InChI is InChI=1S/C10H13N3O4S/c1-5-12-6(4-18-5)2-9(15)13-7(10(16)17)3-8(11)14/h4,7H,2-3H2,1H3,(H2,11,14)(H,13,15)(H,16,17)/t7-/m0/s1. The first kappa shape index (κ1) is 14.1. The van der Waals surface area contributed by atoms with Crippen LogP contribution in [0.25, 0.3) is 0 Å². The molecule has 18 heavy (non-hydrogen) atoms. The zero-order valence-corrected chi connectivity index (χ0v) is 10.5. The molecule has 0 bridgehead atoms. The summed E-state index contributed by atoms with van der Waals surface area (Å²) in [6, 6.07) is -1.30. The van der Waals surface area contributed by atoms with Crippen LogP contribution in [0.3, 0.4) is 0 Å². The Bertz CT molecular complexity index is 471. The summed E-state index contributed by atoms with van der Waals surface area (Å²) >= 11 is 1.40.